The summed E-state index contributed by atoms with van der Waals surface area (Å²) in [6.45, 7) is 5.08. The van der Waals surface area contributed by atoms with Gasteiger partial charge in [-0.25, -0.2) is 0 Å². The number of carbonyl (C=O) groups is 1. The van der Waals surface area contributed by atoms with Crippen LogP contribution in [0, 0.1) is 0 Å². The summed E-state index contributed by atoms with van der Waals surface area (Å²) in [6, 6.07) is 3.37. The van der Waals surface area contributed by atoms with Crippen molar-refractivity contribution in [3.05, 3.63) is 33.2 Å². The quantitative estimate of drug-likeness (QED) is 0.823. The van der Waals surface area contributed by atoms with Crippen LogP contribution in [0.3, 0.4) is 0 Å². The number of carbonyl (C=O) groups excluding carboxylic acids is 1. The second-order valence-corrected chi connectivity index (χ2v) is 7.12. The van der Waals surface area contributed by atoms with Crippen LogP contribution in [0.5, 0.6) is 0 Å². The zero-order chi connectivity index (χ0) is 14.0. The Morgan fingerprint density at radius 2 is 2.21 bits per heavy atom. The highest BCUT2D eigenvalue weighted by Crippen LogP contribution is 2.24. The minimum Gasteiger partial charge on any atom is -0.337 e. The van der Waals surface area contributed by atoms with Gasteiger partial charge in [-0.3, -0.25) is 9.59 Å². The molecule has 0 aromatic carbocycles. The van der Waals surface area contributed by atoms with E-state index in [1.54, 1.807) is 12.3 Å². The van der Waals surface area contributed by atoms with Crippen molar-refractivity contribution in [2.24, 2.45) is 0 Å². The first-order valence-corrected chi connectivity index (χ1v) is 8.10. The predicted octanol–water partition coefficient (Wildman–Crippen LogP) is 1.96. The second-order valence-electron chi connectivity index (χ2n) is 4.72. The molecule has 4 nitrogen and oxygen atoms in total. The van der Waals surface area contributed by atoms with Crippen molar-refractivity contribution < 1.29 is 4.79 Å². The van der Waals surface area contributed by atoms with Gasteiger partial charge in [-0.05, 0) is 28.9 Å². The SMILES string of the molecule is C[C@@H]1SCCN(C(=O)Cn2cc(Br)ccc2=O)[C@H]1C. The van der Waals surface area contributed by atoms with Gasteiger partial charge in [-0.2, -0.15) is 11.8 Å². The maximum atomic E-state index is 12.3. The van der Waals surface area contributed by atoms with E-state index < -0.39 is 0 Å². The first kappa shape index (κ1) is 14.7. The zero-order valence-electron chi connectivity index (χ0n) is 11.0. The Bertz CT molecular complexity index is 532. The zero-order valence-corrected chi connectivity index (χ0v) is 13.4. The van der Waals surface area contributed by atoms with Crippen molar-refractivity contribution in [2.75, 3.05) is 12.3 Å². The average molecular weight is 345 g/mol. The van der Waals surface area contributed by atoms with Crippen molar-refractivity contribution in [3.8, 4) is 0 Å². The smallest absolute Gasteiger partial charge is 0.251 e. The minimum absolute atomic E-state index is 0.0138. The Morgan fingerprint density at radius 1 is 1.47 bits per heavy atom. The van der Waals surface area contributed by atoms with E-state index in [0.717, 1.165) is 16.8 Å². The lowest BCUT2D eigenvalue weighted by Gasteiger charge is -2.37. The first-order chi connectivity index (χ1) is 8.99. The molecule has 1 aromatic heterocycles. The van der Waals surface area contributed by atoms with Crippen LogP contribution < -0.4 is 5.56 Å². The van der Waals surface area contributed by atoms with E-state index in [1.165, 1.54) is 10.6 Å². The molecular formula is C13H17BrN2O2S. The van der Waals surface area contributed by atoms with Crippen LogP contribution in [0.1, 0.15) is 13.8 Å². The van der Waals surface area contributed by atoms with Crippen LogP contribution >= 0.6 is 27.7 Å². The summed E-state index contributed by atoms with van der Waals surface area (Å²) >= 11 is 5.21. The molecule has 0 radical (unpaired) electrons. The predicted molar refractivity (Wildman–Crippen MR) is 81.5 cm³/mol. The van der Waals surface area contributed by atoms with Crippen LogP contribution in [0.2, 0.25) is 0 Å². The number of amides is 1. The van der Waals surface area contributed by atoms with Crippen LogP contribution in [0.4, 0.5) is 0 Å². The highest BCUT2D eigenvalue weighted by molar-refractivity contribution is 9.10. The van der Waals surface area contributed by atoms with Gasteiger partial charge in [0.2, 0.25) is 5.91 Å². The number of aromatic nitrogens is 1. The van der Waals surface area contributed by atoms with E-state index in [4.69, 9.17) is 0 Å². The average Bonchev–Trinajstić information content (AvgIpc) is 2.37. The normalized spacial score (nSPS) is 23.4. The molecule has 2 rings (SSSR count). The van der Waals surface area contributed by atoms with Crippen LogP contribution in [-0.4, -0.2) is 39.0 Å². The van der Waals surface area contributed by atoms with E-state index in [-0.39, 0.29) is 24.1 Å². The van der Waals surface area contributed by atoms with Gasteiger partial charge in [0.1, 0.15) is 6.54 Å². The summed E-state index contributed by atoms with van der Waals surface area (Å²) in [7, 11) is 0. The van der Waals surface area contributed by atoms with Gasteiger partial charge < -0.3 is 9.47 Å². The van der Waals surface area contributed by atoms with E-state index in [9.17, 15) is 9.59 Å². The van der Waals surface area contributed by atoms with Crippen molar-refractivity contribution in [1.29, 1.82) is 0 Å². The summed E-state index contributed by atoms with van der Waals surface area (Å²) < 4.78 is 2.25. The molecule has 1 aliphatic heterocycles. The topological polar surface area (TPSA) is 42.3 Å². The number of nitrogens with zero attached hydrogens (tertiary/aromatic N) is 2. The van der Waals surface area contributed by atoms with Gasteiger partial charge in [0.05, 0.1) is 0 Å². The third-order valence-electron chi connectivity index (χ3n) is 3.46. The molecule has 6 heteroatoms. The molecule has 1 saturated heterocycles. The molecule has 1 aliphatic rings. The molecular weight excluding hydrogens is 328 g/mol. The number of hydrogen-bond donors (Lipinski definition) is 0. The molecule has 0 saturated carbocycles. The Kier molecular flexibility index (Phi) is 4.73. The lowest BCUT2D eigenvalue weighted by atomic mass is 10.2. The van der Waals surface area contributed by atoms with E-state index >= 15 is 0 Å². The van der Waals surface area contributed by atoms with Gasteiger partial charge in [0.25, 0.3) is 5.56 Å². The Hall–Kier alpha value is -0.750. The standard InChI is InChI=1S/C13H17BrN2O2S/c1-9-10(2)19-6-5-16(9)13(18)8-15-7-11(14)3-4-12(15)17/h3-4,7,9-10H,5-6,8H2,1-2H3/t9-,10-/m0/s1. The van der Waals surface area contributed by atoms with Crippen molar-refractivity contribution in [3.63, 3.8) is 0 Å². The molecule has 0 unspecified atom stereocenters. The molecule has 1 fully saturated rings. The maximum Gasteiger partial charge on any atom is 0.251 e. The van der Waals surface area contributed by atoms with Gasteiger partial charge in [0.15, 0.2) is 0 Å². The third kappa shape index (κ3) is 3.42. The van der Waals surface area contributed by atoms with E-state index in [1.807, 2.05) is 16.7 Å². The van der Waals surface area contributed by atoms with Crippen molar-refractivity contribution in [2.45, 2.75) is 31.7 Å². The summed E-state index contributed by atoms with van der Waals surface area (Å²) in [5.41, 5.74) is -0.149. The molecule has 0 bridgehead atoms. The first-order valence-electron chi connectivity index (χ1n) is 6.26. The number of pyridine rings is 1. The van der Waals surface area contributed by atoms with Crippen LogP contribution in [0.25, 0.3) is 0 Å². The number of hydrogen-bond acceptors (Lipinski definition) is 3. The maximum absolute atomic E-state index is 12.3. The molecule has 1 aromatic rings. The fourth-order valence-corrected chi connectivity index (χ4v) is 3.63. The van der Waals surface area contributed by atoms with Gasteiger partial charge >= 0.3 is 0 Å². The Morgan fingerprint density at radius 3 is 2.95 bits per heavy atom. The Labute approximate surface area is 125 Å². The van der Waals surface area contributed by atoms with E-state index in [2.05, 4.69) is 29.8 Å². The van der Waals surface area contributed by atoms with Crippen LogP contribution in [-0.2, 0) is 11.3 Å². The number of thioether (sulfide) groups is 1. The fourth-order valence-electron chi connectivity index (χ4n) is 2.15. The van der Waals surface area contributed by atoms with Gasteiger partial charge in [-0.15, -0.1) is 0 Å². The van der Waals surface area contributed by atoms with Gasteiger partial charge in [-0.1, -0.05) is 6.92 Å². The van der Waals surface area contributed by atoms with Crippen molar-refractivity contribution in [1.82, 2.24) is 9.47 Å². The lowest BCUT2D eigenvalue weighted by Crippen LogP contribution is -2.49. The molecule has 104 valence electrons. The highest BCUT2D eigenvalue weighted by Gasteiger charge is 2.28. The monoisotopic (exact) mass is 344 g/mol. The lowest BCUT2D eigenvalue weighted by molar-refractivity contribution is -0.133. The van der Waals surface area contributed by atoms with Crippen LogP contribution in [0.15, 0.2) is 27.6 Å². The Balaban J connectivity index is 2.12. The van der Waals surface area contributed by atoms with Gasteiger partial charge in [0, 0.05) is 40.3 Å². The van der Waals surface area contributed by atoms with E-state index in [0.29, 0.717) is 5.25 Å². The number of halogens is 1. The molecule has 0 spiro atoms. The molecule has 2 heterocycles. The molecule has 1 amide bonds. The summed E-state index contributed by atoms with van der Waals surface area (Å²) in [4.78, 5) is 25.9. The summed E-state index contributed by atoms with van der Waals surface area (Å²) in [5.74, 6) is 0.977. The molecule has 0 aliphatic carbocycles. The number of rotatable bonds is 2. The second kappa shape index (κ2) is 6.13. The van der Waals surface area contributed by atoms with Crippen molar-refractivity contribution >= 4 is 33.6 Å². The minimum atomic E-state index is -0.149. The third-order valence-corrected chi connectivity index (χ3v) is 5.26. The fraction of sp³-hybridized carbons (Fsp3) is 0.538. The molecule has 2 atom stereocenters. The highest BCUT2D eigenvalue weighted by atomic mass is 79.9. The summed E-state index contributed by atoms with van der Waals surface area (Å²) in [5, 5.41) is 0.442. The summed E-state index contributed by atoms with van der Waals surface area (Å²) in [6.07, 6.45) is 1.66. The largest absolute Gasteiger partial charge is 0.337 e. The molecule has 19 heavy (non-hydrogen) atoms. The molecule has 0 N–H and O–H groups in total.